The molecule has 0 radical (unpaired) electrons. The van der Waals surface area contributed by atoms with Crippen molar-refractivity contribution in [3.8, 4) is 0 Å². The molecule has 2 nitrogen and oxygen atoms in total. The van der Waals surface area contributed by atoms with Crippen molar-refractivity contribution in [2.24, 2.45) is 5.73 Å². The first-order valence-corrected chi connectivity index (χ1v) is 7.05. The van der Waals surface area contributed by atoms with Crippen LogP contribution in [0.4, 0.5) is 11.4 Å². The zero-order chi connectivity index (χ0) is 13.1. The summed E-state index contributed by atoms with van der Waals surface area (Å²) in [5.41, 5.74) is 8.15. The highest BCUT2D eigenvalue weighted by Crippen LogP contribution is 2.27. The number of rotatable bonds is 3. The third-order valence-electron chi connectivity index (χ3n) is 2.36. The average Bonchev–Trinajstić information content (AvgIpc) is 2.31. The molecule has 0 aliphatic heterocycles. The molecule has 0 aromatic heterocycles. The second-order valence-electron chi connectivity index (χ2n) is 3.69. The summed E-state index contributed by atoms with van der Waals surface area (Å²) < 4.78 is 1.16. The summed E-state index contributed by atoms with van der Waals surface area (Å²) in [4.78, 5) is 0.345. The Morgan fingerprint density at radius 1 is 1.22 bits per heavy atom. The third kappa shape index (κ3) is 3.34. The van der Waals surface area contributed by atoms with Gasteiger partial charge in [-0.15, -0.1) is 0 Å². The highest BCUT2D eigenvalue weighted by Gasteiger charge is 2.04. The quantitative estimate of drug-likeness (QED) is 0.607. The molecular weight excluding hydrogens is 379 g/mol. The summed E-state index contributed by atoms with van der Waals surface area (Å²) in [7, 11) is 0. The maximum atomic E-state index is 6.18. The molecule has 3 N–H and O–H groups in total. The van der Waals surface area contributed by atoms with Crippen molar-refractivity contribution in [2.75, 3.05) is 5.32 Å². The minimum Gasteiger partial charge on any atom is -0.389 e. The summed E-state index contributed by atoms with van der Waals surface area (Å²) in [5.74, 6) is 0. The summed E-state index contributed by atoms with van der Waals surface area (Å²) in [5, 5.41) is 3.85. The molecule has 0 saturated carbocycles. The van der Waals surface area contributed by atoms with Crippen LogP contribution in [0.5, 0.6) is 0 Å². The van der Waals surface area contributed by atoms with E-state index < -0.39 is 0 Å². The van der Waals surface area contributed by atoms with Crippen molar-refractivity contribution in [1.29, 1.82) is 0 Å². The van der Waals surface area contributed by atoms with Gasteiger partial charge in [-0.3, -0.25) is 0 Å². The zero-order valence-electron chi connectivity index (χ0n) is 9.28. The predicted molar refractivity (Wildman–Crippen MR) is 89.8 cm³/mol. The van der Waals surface area contributed by atoms with Crippen LogP contribution >= 0.6 is 46.4 Å². The fourth-order valence-electron chi connectivity index (χ4n) is 1.49. The summed E-state index contributed by atoms with van der Waals surface area (Å²) in [6.45, 7) is 0. The summed E-state index contributed by atoms with van der Waals surface area (Å²) in [6, 6.07) is 13.5. The Kier molecular flexibility index (Phi) is 4.42. The lowest BCUT2D eigenvalue weighted by Gasteiger charge is -2.10. The van der Waals surface area contributed by atoms with Gasteiger partial charge in [0.15, 0.2) is 0 Å². The molecule has 0 aliphatic rings. The Morgan fingerprint density at radius 3 is 2.61 bits per heavy atom. The van der Waals surface area contributed by atoms with Crippen LogP contribution in [0.15, 0.2) is 42.5 Å². The van der Waals surface area contributed by atoms with E-state index in [2.05, 4.69) is 27.9 Å². The Balaban J connectivity index is 2.27. The monoisotopic (exact) mass is 388 g/mol. The first-order chi connectivity index (χ1) is 8.56. The molecule has 0 aliphatic carbocycles. The second kappa shape index (κ2) is 5.86. The van der Waals surface area contributed by atoms with Gasteiger partial charge in [-0.05, 0) is 59.0 Å². The number of benzene rings is 2. The smallest absolute Gasteiger partial charge is 0.104 e. The second-order valence-corrected chi connectivity index (χ2v) is 5.79. The van der Waals surface area contributed by atoms with Crippen molar-refractivity contribution < 1.29 is 0 Å². The highest BCUT2D eigenvalue weighted by atomic mass is 127. The number of nitrogens with one attached hydrogen (secondary N) is 1. The van der Waals surface area contributed by atoms with E-state index in [1.165, 1.54) is 0 Å². The first-order valence-electron chi connectivity index (χ1n) is 5.18. The Morgan fingerprint density at radius 2 is 2.00 bits per heavy atom. The fourth-order valence-corrected chi connectivity index (χ4v) is 2.39. The molecule has 5 heteroatoms. The predicted octanol–water partition coefficient (Wildman–Crippen LogP) is 4.32. The Labute approximate surface area is 130 Å². The van der Waals surface area contributed by atoms with E-state index in [0.29, 0.717) is 10.0 Å². The van der Waals surface area contributed by atoms with Gasteiger partial charge in [0.2, 0.25) is 0 Å². The van der Waals surface area contributed by atoms with Crippen molar-refractivity contribution in [3.05, 3.63) is 56.6 Å². The van der Waals surface area contributed by atoms with Gasteiger partial charge in [-0.1, -0.05) is 29.9 Å². The molecule has 2 aromatic rings. The first kappa shape index (κ1) is 13.6. The van der Waals surface area contributed by atoms with Crippen molar-refractivity contribution >= 4 is 62.8 Å². The van der Waals surface area contributed by atoms with Crippen LogP contribution in [0, 0.1) is 3.57 Å². The molecule has 0 saturated heterocycles. The molecule has 0 atom stereocenters. The molecule has 18 heavy (non-hydrogen) atoms. The molecule has 2 aromatic carbocycles. The zero-order valence-corrected chi connectivity index (χ0v) is 13.0. The van der Waals surface area contributed by atoms with Gasteiger partial charge >= 0.3 is 0 Å². The maximum Gasteiger partial charge on any atom is 0.104 e. The molecule has 92 valence electrons. The molecule has 2 rings (SSSR count). The van der Waals surface area contributed by atoms with Crippen molar-refractivity contribution in [3.63, 3.8) is 0 Å². The molecule has 0 bridgehead atoms. The highest BCUT2D eigenvalue weighted by molar-refractivity contribution is 14.1. The molecule has 0 spiro atoms. The largest absolute Gasteiger partial charge is 0.389 e. The van der Waals surface area contributed by atoms with E-state index in [0.717, 1.165) is 20.5 Å². The van der Waals surface area contributed by atoms with Gasteiger partial charge in [0.05, 0.1) is 10.7 Å². The Hall–Kier alpha value is -0.850. The molecular formula is C13H10ClIN2S. The number of hydrogen-bond acceptors (Lipinski definition) is 2. The van der Waals surface area contributed by atoms with Crippen LogP contribution in [0.1, 0.15) is 5.56 Å². The third-order valence-corrected chi connectivity index (χ3v) is 3.58. The van der Waals surface area contributed by atoms with E-state index in [9.17, 15) is 0 Å². The maximum absolute atomic E-state index is 6.18. The van der Waals surface area contributed by atoms with Gasteiger partial charge in [-0.25, -0.2) is 0 Å². The van der Waals surface area contributed by atoms with E-state index in [1.807, 2.05) is 36.4 Å². The van der Waals surface area contributed by atoms with Gasteiger partial charge in [0.1, 0.15) is 4.99 Å². The molecule has 0 amide bonds. The average molecular weight is 389 g/mol. The van der Waals surface area contributed by atoms with Crippen LogP contribution in [0.25, 0.3) is 0 Å². The summed E-state index contributed by atoms with van der Waals surface area (Å²) in [6.07, 6.45) is 0. The normalized spacial score (nSPS) is 10.1. The molecule has 0 unspecified atom stereocenters. The molecule has 0 heterocycles. The topological polar surface area (TPSA) is 38.0 Å². The lowest BCUT2D eigenvalue weighted by Crippen LogP contribution is -2.09. The van der Waals surface area contributed by atoms with E-state index in [4.69, 9.17) is 29.6 Å². The van der Waals surface area contributed by atoms with Gasteiger partial charge in [0, 0.05) is 14.8 Å². The number of thiocarbonyl (C=S) groups is 1. The lowest BCUT2D eigenvalue weighted by atomic mass is 10.2. The van der Waals surface area contributed by atoms with Crippen molar-refractivity contribution in [2.45, 2.75) is 0 Å². The van der Waals surface area contributed by atoms with Crippen LogP contribution in [-0.4, -0.2) is 4.99 Å². The Bertz CT molecular complexity index is 601. The van der Waals surface area contributed by atoms with Crippen LogP contribution in [0.3, 0.4) is 0 Å². The van der Waals surface area contributed by atoms with Crippen molar-refractivity contribution in [1.82, 2.24) is 0 Å². The minimum absolute atomic E-state index is 0.345. The number of halogens is 2. The van der Waals surface area contributed by atoms with Crippen LogP contribution < -0.4 is 11.1 Å². The standard InChI is InChI=1S/C13H10ClIN2S/c14-11-6-8(13(16)18)4-5-12(11)17-10-3-1-2-9(15)7-10/h1-7,17H,(H2,16,18). The fraction of sp³-hybridized carbons (Fsp3) is 0. The van der Waals surface area contributed by atoms with Crippen LogP contribution in [-0.2, 0) is 0 Å². The van der Waals surface area contributed by atoms with E-state index in [-0.39, 0.29) is 0 Å². The number of anilines is 2. The molecule has 0 fully saturated rings. The number of hydrogen-bond donors (Lipinski definition) is 2. The van der Waals surface area contributed by atoms with Gasteiger partial charge in [0.25, 0.3) is 0 Å². The van der Waals surface area contributed by atoms with E-state index >= 15 is 0 Å². The van der Waals surface area contributed by atoms with E-state index in [1.54, 1.807) is 6.07 Å². The lowest BCUT2D eigenvalue weighted by molar-refractivity contribution is 1.52. The summed E-state index contributed by atoms with van der Waals surface area (Å²) >= 11 is 13.4. The SMILES string of the molecule is NC(=S)c1ccc(Nc2cccc(I)c2)c(Cl)c1. The minimum atomic E-state index is 0.345. The van der Waals surface area contributed by atoms with Gasteiger partial charge in [-0.2, -0.15) is 0 Å². The van der Waals surface area contributed by atoms with Crippen LogP contribution in [0.2, 0.25) is 5.02 Å². The number of nitrogens with two attached hydrogens (primary N) is 1. The van der Waals surface area contributed by atoms with Gasteiger partial charge < -0.3 is 11.1 Å².